The van der Waals surface area contributed by atoms with Gasteiger partial charge in [0.05, 0.1) is 12.5 Å². The first-order chi connectivity index (χ1) is 19.7. The molecular weight excluding hydrogens is 484 g/mol. The van der Waals surface area contributed by atoms with Crippen LogP contribution in [0.5, 0.6) is 0 Å². The number of nitrogens with one attached hydrogen (secondary N) is 1. The number of imidazole rings is 1. The van der Waals surface area contributed by atoms with Gasteiger partial charge in [-0.2, -0.15) is 0 Å². The van der Waals surface area contributed by atoms with Gasteiger partial charge in [-0.3, -0.25) is 0 Å². The molecule has 2 unspecified atom stereocenters. The summed E-state index contributed by atoms with van der Waals surface area (Å²) in [6.07, 6.45) is 27.2. The minimum absolute atomic E-state index is 0.0117. The molecule has 220 valence electrons. The lowest BCUT2D eigenvalue weighted by Gasteiger charge is -2.37. The molecule has 0 saturated heterocycles. The zero-order chi connectivity index (χ0) is 28.3. The van der Waals surface area contributed by atoms with Crippen molar-refractivity contribution in [3.05, 3.63) is 90.0 Å². The second-order valence-electron chi connectivity index (χ2n) is 12.4. The van der Waals surface area contributed by atoms with Gasteiger partial charge in [-0.05, 0) is 36.8 Å². The summed E-state index contributed by atoms with van der Waals surface area (Å²) in [5, 5.41) is 0. The summed E-state index contributed by atoms with van der Waals surface area (Å²) in [5.74, 6) is 1.86. The summed E-state index contributed by atoms with van der Waals surface area (Å²) >= 11 is 0. The highest BCUT2D eigenvalue weighted by Gasteiger charge is 2.41. The van der Waals surface area contributed by atoms with Gasteiger partial charge >= 0.3 is 0 Å². The van der Waals surface area contributed by atoms with Gasteiger partial charge in [0.2, 0.25) is 0 Å². The number of hydrogen-bond donors (Lipinski definition) is 1. The van der Waals surface area contributed by atoms with E-state index in [0.29, 0.717) is 5.92 Å². The molecule has 0 bridgehead atoms. The quantitative estimate of drug-likeness (QED) is 0.0960. The summed E-state index contributed by atoms with van der Waals surface area (Å²) in [6.45, 7) is 8.26. The maximum absolute atomic E-state index is 3.77. The van der Waals surface area contributed by atoms with Gasteiger partial charge in [-0.1, -0.05) is 165 Å². The second-order valence-corrected chi connectivity index (χ2v) is 12.4. The van der Waals surface area contributed by atoms with E-state index in [9.17, 15) is 0 Å². The number of hydrogen-bond acceptors (Lipinski definition) is 0. The monoisotopic (exact) mass is 543 g/mol. The molecule has 3 rings (SSSR count). The molecule has 2 heteroatoms. The van der Waals surface area contributed by atoms with Crippen LogP contribution in [0.4, 0.5) is 0 Å². The Bertz CT molecular complexity index is 1010. The highest BCUT2D eigenvalue weighted by Crippen LogP contribution is 2.43. The predicted octanol–water partition coefficient (Wildman–Crippen LogP) is 10.9. The van der Waals surface area contributed by atoms with Gasteiger partial charge in [0.25, 0.3) is 5.82 Å². The topological polar surface area (TPSA) is 19.7 Å². The van der Waals surface area contributed by atoms with E-state index in [0.717, 1.165) is 13.0 Å². The fourth-order valence-electron chi connectivity index (χ4n) is 6.62. The molecule has 0 radical (unpaired) electrons. The zero-order valence-corrected chi connectivity index (χ0v) is 26.2. The van der Waals surface area contributed by atoms with Crippen LogP contribution in [0.25, 0.3) is 0 Å². The molecular formula is C38H59N2+. The van der Waals surface area contributed by atoms with Crippen LogP contribution >= 0.6 is 0 Å². The van der Waals surface area contributed by atoms with Crippen molar-refractivity contribution in [2.75, 3.05) is 0 Å². The minimum atomic E-state index is 0.0117. The number of aromatic nitrogens is 2. The molecule has 1 N–H and O–H groups in total. The highest BCUT2D eigenvalue weighted by atomic mass is 15.1. The predicted molar refractivity (Wildman–Crippen MR) is 173 cm³/mol. The molecule has 2 nitrogen and oxygen atoms in total. The number of H-pyrrole nitrogens is 1. The first-order valence-electron chi connectivity index (χ1n) is 16.8. The van der Waals surface area contributed by atoms with Crippen molar-refractivity contribution in [3.8, 4) is 0 Å². The number of benzene rings is 2. The van der Waals surface area contributed by atoms with E-state index in [-0.39, 0.29) is 5.41 Å². The number of nitrogens with zero attached hydrogens (tertiary/aromatic N) is 1. The molecule has 0 spiro atoms. The Labute approximate surface area is 247 Å². The fourth-order valence-corrected chi connectivity index (χ4v) is 6.62. The Kier molecular flexibility index (Phi) is 15.2. The highest BCUT2D eigenvalue weighted by molar-refractivity contribution is 5.32. The van der Waals surface area contributed by atoms with Crippen molar-refractivity contribution in [2.45, 2.75) is 148 Å². The Balaban J connectivity index is 1.72. The van der Waals surface area contributed by atoms with E-state index in [1.807, 2.05) is 0 Å². The van der Waals surface area contributed by atoms with Gasteiger partial charge in [0.1, 0.15) is 12.4 Å². The van der Waals surface area contributed by atoms with Crippen LogP contribution in [0.3, 0.4) is 0 Å². The molecule has 0 aliphatic rings. The van der Waals surface area contributed by atoms with Gasteiger partial charge in [-0.25, -0.2) is 9.55 Å². The summed E-state index contributed by atoms with van der Waals surface area (Å²) in [4.78, 5) is 3.77. The van der Waals surface area contributed by atoms with E-state index < -0.39 is 0 Å². The SMILES string of the molecule is CCCCCCCCCCCC[n+]1cc[nH]c1C(CCCCCCC)C(C)(Cc1ccccc1)c1ccccc1. The standard InChI is InChI=1S/C38H58N2/c1-4-6-8-10-11-12-13-14-16-24-31-40-32-30-39-37(40)36(29-23-15-9-7-5-2)38(3,35-27-21-18-22-28-35)33-34-25-19-17-20-26-34/h17-22,25-28,30,32,36H,4-16,23-24,29,31,33H2,1-3H3/p+1. The van der Waals surface area contributed by atoms with Gasteiger partial charge in [-0.15, -0.1) is 0 Å². The van der Waals surface area contributed by atoms with E-state index in [1.165, 1.54) is 120 Å². The summed E-state index contributed by atoms with van der Waals surface area (Å²) in [7, 11) is 0. The lowest BCUT2D eigenvalue weighted by Crippen LogP contribution is -2.43. The lowest BCUT2D eigenvalue weighted by molar-refractivity contribution is -0.705. The summed E-state index contributed by atoms with van der Waals surface area (Å²) < 4.78 is 2.56. The molecule has 0 saturated carbocycles. The van der Waals surface area contributed by atoms with Gasteiger partial charge in [0.15, 0.2) is 0 Å². The van der Waals surface area contributed by atoms with E-state index >= 15 is 0 Å². The van der Waals surface area contributed by atoms with Crippen molar-refractivity contribution >= 4 is 0 Å². The molecule has 40 heavy (non-hydrogen) atoms. The van der Waals surface area contributed by atoms with E-state index in [4.69, 9.17) is 0 Å². The third-order valence-electron chi connectivity index (χ3n) is 9.09. The first-order valence-corrected chi connectivity index (χ1v) is 16.8. The molecule has 2 aromatic carbocycles. The molecule has 1 aromatic heterocycles. The Morgan fingerprint density at radius 1 is 0.650 bits per heavy atom. The van der Waals surface area contributed by atoms with Crippen molar-refractivity contribution in [1.82, 2.24) is 4.98 Å². The fraction of sp³-hybridized carbons (Fsp3) is 0.605. The minimum Gasteiger partial charge on any atom is -0.247 e. The molecule has 1 heterocycles. The molecule has 0 aliphatic carbocycles. The van der Waals surface area contributed by atoms with Gasteiger partial charge < -0.3 is 0 Å². The molecule has 0 aliphatic heterocycles. The number of unbranched alkanes of at least 4 members (excludes halogenated alkanes) is 13. The van der Waals surface area contributed by atoms with Crippen molar-refractivity contribution < 1.29 is 4.57 Å². The van der Waals surface area contributed by atoms with Crippen molar-refractivity contribution in [1.29, 1.82) is 0 Å². The van der Waals surface area contributed by atoms with Crippen LogP contribution in [-0.4, -0.2) is 4.98 Å². The van der Waals surface area contributed by atoms with Crippen molar-refractivity contribution in [3.63, 3.8) is 0 Å². The van der Waals surface area contributed by atoms with Crippen LogP contribution < -0.4 is 4.57 Å². The van der Waals surface area contributed by atoms with Gasteiger partial charge in [0, 0.05) is 5.41 Å². The van der Waals surface area contributed by atoms with Crippen LogP contribution in [0.2, 0.25) is 0 Å². The van der Waals surface area contributed by atoms with Crippen LogP contribution in [-0.2, 0) is 18.4 Å². The maximum Gasteiger partial charge on any atom is 0.258 e. The van der Waals surface area contributed by atoms with Crippen molar-refractivity contribution in [2.24, 2.45) is 0 Å². The smallest absolute Gasteiger partial charge is 0.247 e. The largest absolute Gasteiger partial charge is 0.258 e. The number of rotatable bonds is 22. The lowest BCUT2D eigenvalue weighted by atomic mass is 9.66. The average Bonchev–Trinajstić information content (AvgIpc) is 3.44. The second kappa shape index (κ2) is 18.9. The third kappa shape index (κ3) is 10.6. The average molecular weight is 544 g/mol. The third-order valence-corrected chi connectivity index (χ3v) is 9.09. The van der Waals surface area contributed by atoms with E-state index in [2.05, 4.69) is 103 Å². The summed E-state index contributed by atoms with van der Waals surface area (Å²) in [5.41, 5.74) is 2.90. The summed E-state index contributed by atoms with van der Waals surface area (Å²) in [6, 6.07) is 22.5. The normalized spacial score (nSPS) is 13.8. The van der Waals surface area contributed by atoms with E-state index in [1.54, 1.807) is 0 Å². The zero-order valence-electron chi connectivity index (χ0n) is 26.2. The van der Waals surface area contributed by atoms with Crippen LogP contribution in [0.1, 0.15) is 146 Å². The van der Waals surface area contributed by atoms with Crippen LogP contribution in [0, 0.1) is 0 Å². The van der Waals surface area contributed by atoms with Crippen LogP contribution in [0.15, 0.2) is 73.1 Å². The molecule has 0 fully saturated rings. The Hall–Kier alpha value is -2.35. The first kappa shape index (κ1) is 32.2. The maximum atomic E-state index is 3.77. The number of aromatic amines is 1. The Morgan fingerprint density at radius 3 is 1.77 bits per heavy atom. The molecule has 2 atom stereocenters. The molecule has 0 amide bonds. The molecule has 3 aromatic rings. The Morgan fingerprint density at radius 2 is 1.18 bits per heavy atom. The number of aryl methyl sites for hydroxylation is 1.